The standard InChI is InChI=1S/C14H19N3O/c1-4-18-14-8-6-5-7-13(14)15-10-12-9-11(2)16-17(12)3/h5-9,15H,4,10H2,1-3H3. The van der Waals surface area contributed by atoms with Crippen LogP contribution in [0, 0.1) is 6.92 Å². The van der Waals surface area contributed by atoms with Gasteiger partial charge in [-0.05, 0) is 32.0 Å². The maximum Gasteiger partial charge on any atom is 0.142 e. The largest absolute Gasteiger partial charge is 0.492 e. The fourth-order valence-corrected chi connectivity index (χ4v) is 1.91. The van der Waals surface area contributed by atoms with Gasteiger partial charge in [0.2, 0.25) is 0 Å². The normalized spacial score (nSPS) is 10.4. The zero-order valence-corrected chi connectivity index (χ0v) is 11.1. The van der Waals surface area contributed by atoms with Crippen molar-refractivity contribution in [1.82, 2.24) is 9.78 Å². The molecule has 0 spiro atoms. The highest BCUT2D eigenvalue weighted by molar-refractivity contribution is 5.56. The number of aryl methyl sites for hydroxylation is 2. The van der Waals surface area contributed by atoms with E-state index in [9.17, 15) is 0 Å². The van der Waals surface area contributed by atoms with Crippen LogP contribution in [0.4, 0.5) is 5.69 Å². The number of nitrogens with zero attached hydrogens (tertiary/aromatic N) is 2. The minimum Gasteiger partial charge on any atom is -0.492 e. The molecule has 1 aromatic heterocycles. The fraction of sp³-hybridized carbons (Fsp3) is 0.357. The van der Waals surface area contributed by atoms with Crippen LogP contribution in [-0.4, -0.2) is 16.4 Å². The van der Waals surface area contributed by atoms with E-state index in [0.29, 0.717) is 6.61 Å². The Morgan fingerprint density at radius 1 is 1.33 bits per heavy atom. The van der Waals surface area contributed by atoms with Crippen LogP contribution in [0.5, 0.6) is 5.75 Å². The van der Waals surface area contributed by atoms with Crippen molar-refractivity contribution in [3.8, 4) is 5.75 Å². The minimum absolute atomic E-state index is 0.670. The van der Waals surface area contributed by atoms with E-state index in [4.69, 9.17) is 4.74 Å². The van der Waals surface area contributed by atoms with E-state index >= 15 is 0 Å². The minimum atomic E-state index is 0.670. The summed E-state index contributed by atoms with van der Waals surface area (Å²) in [6.45, 7) is 5.39. The molecule has 96 valence electrons. The Bertz CT molecular complexity index is 520. The highest BCUT2D eigenvalue weighted by Crippen LogP contribution is 2.24. The Balaban J connectivity index is 2.08. The lowest BCUT2D eigenvalue weighted by molar-refractivity contribution is 0.341. The summed E-state index contributed by atoms with van der Waals surface area (Å²) >= 11 is 0. The maximum absolute atomic E-state index is 5.58. The first-order chi connectivity index (χ1) is 8.70. The van der Waals surface area contributed by atoms with Crippen LogP contribution in [0.3, 0.4) is 0 Å². The summed E-state index contributed by atoms with van der Waals surface area (Å²) in [7, 11) is 1.96. The van der Waals surface area contributed by atoms with Crippen molar-refractivity contribution in [3.63, 3.8) is 0 Å². The van der Waals surface area contributed by atoms with Crippen molar-refractivity contribution >= 4 is 5.69 Å². The number of rotatable bonds is 5. The van der Waals surface area contributed by atoms with Gasteiger partial charge in [-0.3, -0.25) is 4.68 Å². The molecule has 0 aliphatic carbocycles. The van der Waals surface area contributed by atoms with Crippen molar-refractivity contribution < 1.29 is 4.74 Å². The van der Waals surface area contributed by atoms with Crippen LogP contribution in [0.2, 0.25) is 0 Å². The lowest BCUT2D eigenvalue weighted by Gasteiger charge is -2.12. The van der Waals surface area contributed by atoms with Gasteiger partial charge >= 0.3 is 0 Å². The van der Waals surface area contributed by atoms with E-state index in [0.717, 1.165) is 29.4 Å². The molecule has 0 saturated carbocycles. The molecule has 2 aromatic rings. The van der Waals surface area contributed by atoms with Crippen LogP contribution in [0.25, 0.3) is 0 Å². The average Bonchev–Trinajstić information content (AvgIpc) is 2.67. The van der Waals surface area contributed by atoms with Crippen LogP contribution in [-0.2, 0) is 13.6 Å². The van der Waals surface area contributed by atoms with Gasteiger partial charge in [0.25, 0.3) is 0 Å². The molecule has 0 unspecified atom stereocenters. The molecule has 1 heterocycles. The van der Waals surface area contributed by atoms with E-state index in [-0.39, 0.29) is 0 Å². The fourth-order valence-electron chi connectivity index (χ4n) is 1.91. The number of anilines is 1. The zero-order valence-electron chi connectivity index (χ0n) is 11.1. The molecule has 1 aromatic carbocycles. The number of nitrogens with one attached hydrogen (secondary N) is 1. The number of para-hydroxylation sites is 2. The first-order valence-corrected chi connectivity index (χ1v) is 6.16. The topological polar surface area (TPSA) is 39.1 Å². The van der Waals surface area contributed by atoms with Gasteiger partial charge in [0.15, 0.2) is 0 Å². The van der Waals surface area contributed by atoms with Crippen LogP contribution in [0.15, 0.2) is 30.3 Å². The van der Waals surface area contributed by atoms with Crippen molar-refractivity contribution in [2.24, 2.45) is 7.05 Å². The Morgan fingerprint density at radius 2 is 2.11 bits per heavy atom. The molecule has 4 nitrogen and oxygen atoms in total. The summed E-state index contributed by atoms with van der Waals surface area (Å²) in [4.78, 5) is 0. The lowest BCUT2D eigenvalue weighted by Crippen LogP contribution is -2.06. The molecule has 0 aliphatic heterocycles. The van der Waals surface area contributed by atoms with Crippen molar-refractivity contribution in [1.29, 1.82) is 0 Å². The molecule has 18 heavy (non-hydrogen) atoms. The molecule has 1 N–H and O–H groups in total. The maximum atomic E-state index is 5.58. The van der Waals surface area contributed by atoms with Gasteiger partial charge in [-0.15, -0.1) is 0 Å². The first kappa shape index (κ1) is 12.5. The highest BCUT2D eigenvalue weighted by atomic mass is 16.5. The summed E-state index contributed by atoms with van der Waals surface area (Å²) in [5.74, 6) is 0.888. The van der Waals surface area contributed by atoms with Gasteiger partial charge in [-0.2, -0.15) is 5.10 Å². The van der Waals surface area contributed by atoms with Crippen molar-refractivity contribution in [3.05, 3.63) is 41.7 Å². The summed E-state index contributed by atoms with van der Waals surface area (Å²) in [5.41, 5.74) is 3.20. The second kappa shape index (κ2) is 5.58. The Kier molecular flexibility index (Phi) is 3.87. The van der Waals surface area contributed by atoms with E-state index in [2.05, 4.69) is 16.5 Å². The summed E-state index contributed by atoms with van der Waals surface area (Å²) in [5, 5.41) is 7.71. The Labute approximate surface area is 108 Å². The number of benzene rings is 1. The van der Waals surface area contributed by atoms with E-state index in [1.165, 1.54) is 0 Å². The van der Waals surface area contributed by atoms with E-state index in [1.807, 2.05) is 49.8 Å². The quantitative estimate of drug-likeness (QED) is 0.880. The number of hydrogen-bond donors (Lipinski definition) is 1. The van der Waals surface area contributed by atoms with Gasteiger partial charge in [0.05, 0.1) is 30.2 Å². The summed E-state index contributed by atoms with van der Waals surface area (Å²) < 4.78 is 7.47. The molecular weight excluding hydrogens is 226 g/mol. The predicted molar refractivity (Wildman–Crippen MR) is 72.9 cm³/mol. The van der Waals surface area contributed by atoms with Crippen LogP contribution < -0.4 is 10.1 Å². The molecule has 0 saturated heterocycles. The second-order valence-electron chi connectivity index (χ2n) is 4.18. The number of aromatic nitrogens is 2. The van der Waals surface area contributed by atoms with Gasteiger partial charge in [-0.25, -0.2) is 0 Å². The van der Waals surface area contributed by atoms with Crippen molar-refractivity contribution in [2.45, 2.75) is 20.4 Å². The molecule has 0 aliphatic rings. The monoisotopic (exact) mass is 245 g/mol. The second-order valence-corrected chi connectivity index (χ2v) is 4.18. The average molecular weight is 245 g/mol. The molecule has 0 fully saturated rings. The molecular formula is C14H19N3O. The zero-order chi connectivity index (χ0) is 13.0. The van der Waals surface area contributed by atoms with Gasteiger partial charge in [0, 0.05) is 7.05 Å². The third kappa shape index (κ3) is 2.83. The Morgan fingerprint density at radius 3 is 2.78 bits per heavy atom. The molecule has 0 bridgehead atoms. The van der Waals surface area contributed by atoms with E-state index < -0.39 is 0 Å². The Hall–Kier alpha value is -1.97. The lowest BCUT2D eigenvalue weighted by atomic mass is 10.3. The molecule has 0 radical (unpaired) electrons. The summed E-state index contributed by atoms with van der Waals surface area (Å²) in [6.07, 6.45) is 0. The van der Waals surface area contributed by atoms with Gasteiger partial charge in [-0.1, -0.05) is 12.1 Å². The third-order valence-corrected chi connectivity index (χ3v) is 2.75. The van der Waals surface area contributed by atoms with Gasteiger partial charge in [0.1, 0.15) is 5.75 Å². The smallest absolute Gasteiger partial charge is 0.142 e. The van der Waals surface area contributed by atoms with Crippen LogP contribution >= 0.6 is 0 Å². The van der Waals surface area contributed by atoms with Crippen molar-refractivity contribution in [2.75, 3.05) is 11.9 Å². The third-order valence-electron chi connectivity index (χ3n) is 2.75. The molecule has 2 rings (SSSR count). The highest BCUT2D eigenvalue weighted by Gasteiger charge is 2.04. The number of ether oxygens (including phenoxy) is 1. The number of hydrogen-bond acceptors (Lipinski definition) is 3. The summed E-state index contributed by atoms with van der Waals surface area (Å²) in [6, 6.07) is 10.1. The SMILES string of the molecule is CCOc1ccccc1NCc1cc(C)nn1C. The molecule has 4 heteroatoms. The van der Waals surface area contributed by atoms with Gasteiger partial charge < -0.3 is 10.1 Å². The predicted octanol–water partition coefficient (Wildman–Crippen LogP) is 2.74. The van der Waals surface area contributed by atoms with Crippen LogP contribution in [0.1, 0.15) is 18.3 Å². The first-order valence-electron chi connectivity index (χ1n) is 6.16. The molecule has 0 atom stereocenters. The van der Waals surface area contributed by atoms with E-state index in [1.54, 1.807) is 0 Å². The molecule has 0 amide bonds.